The van der Waals surface area contributed by atoms with Crippen molar-refractivity contribution in [2.75, 3.05) is 7.05 Å². The lowest BCUT2D eigenvalue weighted by atomic mass is 10.1. The summed E-state index contributed by atoms with van der Waals surface area (Å²) in [6.07, 6.45) is 0. The average Bonchev–Trinajstić information content (AvgIpc) is 2.93. The van der Waals surface area contributed by atoms with Crippen LogP contribution >= 0.6 is 35.6 Å². The van der Waals surface area contributed by atoms with Gasteiger partial charge in [0.25, 0.3) is 5.91 Å². The molecule has 2 rings (SSSR count). The van der Waals surface area contributed by atoms with Crippen molar-refractivity contribution in [1.29, 1.82) is 0 Å². The van der Waals surface area contributed by atoms with Gasteiger partial charge in [-0.2, -0.15) is 0 Å². The summed E-state index contributed by atoms with van der Waals surface area (Å²) in [5, 5.41) is 2.46. The van der Waals surface area contributed by atoms with Crippen LogP contribution < -0.4 is 0 Å². The van der Waals surface area contributed by atoms with Crippen molar-refractivity contribution in [2.24, 2.45) is 0 Å². The molecule has 19 heavy (non-hydrogen) atoms. The molecular formula is C14H14ClNOS2. The van der Waals surface area contributed by atoms with Crippen LogP contribution in [0.25, 0.3) is 0 Å². The Hall–Kier alpha value is -0.970. The number of nitrogens with zero attached hydrogens (tertiary/aromatic N) is 1. The van der Waals surface area contributed by atoms with E-state index in [2.05, 4.69) is 12.6 Å². The fourth-order valence-electron chi connectivity index (χ4n) is 1.76. The van der Waals surface area contributed by atoms with Crippen LogP contribution in [0.5, 0.6) is 0 Å². The van der Waals surface area contributed by atoms with E-state index < -0.39 is 0 Å². The number of thiophene rings is 1. The van der Waals surface area contributed by atoms with E-state index in [4.69, 9.17) is 11.6 Å². The molecule has 0 aliphatic heterocycles. The molecule has 1 heterocycles. The van der Waals surface area contributed by atoms with Gasteiger partial charge in [-0.1, -0.05) is 17.7 Å². The third-order valence-corrected chi connectivity index (χ3v) is 4.69. The number of carbonyl (C=O) groups excluding carboxylic acids is 1. The molecule has 2 nitrogen and oxygen atoms in total. The van der Waals surface area contributed by atoms with E-state index in [-0.39, 0.29) is 11.9 Å². The molecule has 1 unspecified atom stereocenters. The maximum atomic E-state index is 12.5. The van der Waals surface area contributed by atoms with Crippen molar-refractivity contribution >= 4 is 41.5 Å². The molecular weight excluding hydrogens is 298 g/mol. The summed E-state index contributed by atoms with van der Waals surface area (Å²) in [5.41, 5.74) is 0.486. The molecule has 1 aromatic carbocycles. The van der Waals surface area contributed by atoms with Crippen molar-refractivity contribution in [3.8, 4) is 0 Å². The monoisotopic (exact) mass is 311 g/mol. The molecule has 0 saturated heterocycles. The van der Waals surface area contributed by atoms with E-state index in [1.54, 1.807) is 41.5 Å². The van der Waals surface area contributed by atoms with Gasteiger partial charge in [-0.3, -0.25) is 4.79 Å². The summed E-state index contributed by atoms with van der Waals surface area (Å²) in [4.78, 5) is 16.0. The summed E-state index contributed by atoms with van der Waals surface area (Å²) in [7, 11) is 1.79. The highest BCUT2D eigenvalue weighted by molar-refractivity contribution is 7.80. The number of hydrogen-bond acceptors (Lipinski definition) is 3. The van der Waals surface area contributed by atoms with Crippen molar-refractivity contribution in [2.45, 2.75) is 17.9 Å². The number of amides is 1. The van der Waals surface area contributed by atoms with Gasteiger partial charge in [0.15, 0.2) is 0 Å². The van der Waals surface area contributed by atoms with Crippen molar-refractivity contribution < 1.29 is 4.79 Å². The molecule has 0 bridgehead atoms. The lowest BCUT2D eigenvalue weighted by Crippen LogP contribution is -2.29. The number of carbonyl (C=O) groups is 1. The van der Waals surface area contributed by atoms with Crippen LogP contribution in [0.3, 0.4) is 0 Å². The predicted molar refractivity (Wildman–Crippen MR) is 83.5 cm³/mol. The molecule has 1 atom stereocenters. The second-order valence-electron chi connectivity index (χ2n) is 4.27. The first-order valence-electron chi connectivity index (χ1n) is 5.79. The maximum absolute atomic E-state index is 12.5. The van der Waals surface area contributed by atoms with Crippen LogP contribution in [0.2, 0.25) is 5.02 Å². The highest BCUT2D eigenvalue weighted by atomic mass is 35.5. The normalized spacial score (nSPS) is 12.2. The lowest BCUT2D eigenvalue weighted by molar-refractivity contribution is 0.0745. The molecule has 2 aromatic rings. The van der Waals surface area contributed by atoms with Crippen LogP contribution in [0.15, 0.2) is 40.6 Å². The van der Waals surface area contributed by atoms with Crippen LogP contribution in [-0.2, 0) is 0 Å². The number of rotatable bonds is 3. The van der Waals surface area contributed by atoms with Gasteiger partial charge in [0.05, 0.1) is 16.6 Å². The first-order valence-corrected chi connectivity index (χ1v) is 7.50. The van der Waals surface area contributed by atoms with Gasteiger partial charge in [-0.05, 0) is 36.6 Å². The standard InChI is InChI=1S/C14H14ClNOS2/c1-9(13-4-3-7-19-13)16(2)14(17)11-8-10(18)5-6-12(11)15/h3-9,18H,1-2H3. The Morgan fingerprint density at radius 1 is 1.42 bits per heavy atom. The topological polar surface area (TPSA) is 20.3 Å². The van der Waals surface area contributed by atoms with Gasteiger partial charge >= 0.3 is 0 Å². The van der Waals surface area contributed by atoms with Crippen LogP contribution in [0.1, 0.15) is 28.2 Å². The first-order chi connectivity index (χ1) is 9.00. The highest BCUT2D eigenvalue weighted by Crippen LogP contribution is 2.27. The zero-order valence-electron chi connectivity index (χ0n) is 10.6. The Kier molecular flexibility index (Phi) is 4.55. The molecule has 0 saturated carbocycles. The van der Waals surface area contributed by atoms with E-state index in [1.165, 1.54) is 0 Å². The number of benzene rings is 1. The summed E-state index contributed by atoms with van der Waals surface area (Å²) in [6.45, 7) is 2.00. The minimum atomic E-state index is -0.0956. The molecule has 0 N–H and O–H groups in total. The Bertz CT molecular complexity index is 583. The Morgan fingerprint density at radius 2 is 2.16 bits per heavy atom. The fraction of sp³-hybridized carbons (Fsp3) is 0.214. The molecule has 0 aliphatic rings. The highest BCUT2D eigenvalue weighted by Gasteiger charge is 2.21. The second kappa shape index (κ2) is 5.99. The van der Waals surface area contributed by atoms with Crippen LogP contribution in [0, 0.1) is 0 Å². The molecule has 0 radical (unpaired) electrons. The molecule has 0 fully saturated rings. The average molecular weight is 312 g/mol. The Labute approximate surface area is 127 Å². The van der Waals surface area contributed by atoms with Gasteiger partial charge in [0.1, 0.15) is 0 Å². The van der Waals surface area contributed by atoms with E-state index >= 15 is 0 Å². The summed E-state index contributed by atoms with van der Waals surface area (Å²) < 4.78 is 0. The predicted octanol–water partition coefficient (Wildman–Crippen LogP) is 4.52. The largest absolute Gasteiger partial charge is 0.334 e. The molecule has 1 amide bonds. The minimum absolute atomic E-state index is 0.0205. The molecule has 100 valence electrons. The first kappa shape index (κ1) is 14.4. The smallest absolute Gasteiger partial charge is 0.255 e. The van der Waals surface area contributed by atoms with Crippen LogP contribution in [0.4, 0.5) is 0 Å². The van der Waals surface area contributed by atoms with E-state index in [0.717, 1.165) is 9.77 Å². The number of thiol groups is 1. The van der Waals surface area contributed by atoms with E-state index in [1.807, 2.05) is 24.4 Å². The van der Waals surface area contributed by atoms with Crippen molar-refractivity contribution in [3.63, 3.8) is 0 Å². The van der Waals surface area contributed by atoms with Gasteiger partial charge < -0.3 is 4.90 Å². The van der Waals surface area contributed by atoms with Gasteiger partial charge in [-0.15, -0.1) is 24.0 Å². The third-order valence-electron chi connectivity index (χ3n) is 3.04. The summed E-state index contributed by atoms with van der Waals surface area (Å²) >= 11 is 12.0. The Balaban J connectivity index is 2.26. The fourth-order valence-corrected chi connectivity index (χ4v) is 2.99. The molecule has 5 heteroatoms. The second-order valence-corrected chi connectivity index (χ2v) is 6.17. The molecule has 0 spiro atoms. The molecule has 0 aliphatic carbocycles. The van der Waals surface area contributed by atoms with Crippen molar-refractivity contribution in [1.82, 2.24) is 4.90 Å². The van der Waals surface area contributed by atoms with E-state index in [0.29, 0.717) is 10.6 Å². The molecule has 1 aromatic heterocycles. The van der Waals surface area contributed by atoms with Crippen LogP contribution in [-0.4, -0.2) is 17.9 Å². The SMILES string of the molecule is CC(c1cccs1)N(C)C(=O)c1cc(S)ccc1Cl. The zero-order valence-corrected chi connectivity index (χ0v) is 13.1. The number of hydrogen-bond donors (Lipinski definition) is 1. The number of halogens is 1. The lowest BCUT2D eigenvalue weighted by Gasteiger charge is -2.24. The quantitative estimate of drug-likeness (QED) is 0.826. The van der Waals surface area contributed by atoms with Gasteiger partial charge in [-0.25, -0.2) is 0 Å². The minimum Gasteiger partial charge on any atom is -0.334 e. The third kappa shape index (κ3) is 3.14. The van der Waals surface area contributed by atoms with Gasteiger partial charge in [0.2, 0.25) is 0 Å². The van der Waals surface area contributed by atoms with Crippen molar-refractivity contribution in [3.05, 3.63) is 51.2 Å². The maximum Gasteiger partial charge on any atom is 0.255 e. The summed E-state index contributed by atoms with van der Waals surface area (Å²) in [6, 6.07) is 9.19. The summed E-state index contributed by atoms with van der Waals surface area (Å²) in [5.74, 6) is -0.0956. The zero-order chi connectivity index (χ0) is 14.0. The Morgan fingerprint density at radius 3 is 2.79 bits per heavy atom. The van der Waals surface area contributed by atoms with Gasteiger partial charge in [0, 0.05) is 16.8 Å². The van der Waals surface area contributed by atoms with E-state index in [9.17, 15) is 4.79 Å².